The van der Waals surface area contributed by atoms with E-state index in [4.69, 9.17) is 0 Å². The average molecular weight is 302 g/mol. The van der Waals surface area contributed by atoms with Crippen molar-refractivity contribution in [2.45, 2.75) is 46.6 Å². The van der Waals surface area contributed by atoms with Crippen molar-refractivity contribution in [2.24, 2.45) is 0 Å². The normalized spacial score (nSPS) is 10.6. The molecule has 0 bridgehead atoms. The van der Waals surface area contributed by atoms with Crippen molar-refractivity contribution in [3.05, 3.63) is 15.9 Å². The fourth-order valence-electron chi connectivity index (χ4n) is 1.66. The number of hydrogen-bond acceptors (Lipinski definition) is 2. The topological polar surface area (TPSA) is 46.9 Å². The maximum Gasteiger partial charge on any atom is 0.219 e. The maximum atomic E-state index is 11.2. The van der Waals surface area contributed by atoms with Crippen LogP contribution in [-0.4, -0.2) is 22.2 Å². The zero-order valence-electron chi connectivity index (χ0n) is 10.7. The molecule has 0 aliphatic rings. The van der Waals surface area contributed by atoms with Crippen molar-refractivity contribution < 1.29 is 4.79 Å². The standard InChI is InChI=1S/C12H20BrN3O/c1-4-6-11(17)14-7-5-8-16-10(3)12(13)9(2)15-16/h4-8H2,1-3H3,(H,14,17). The highest BCUT2D eigenvalue weighted by Gasteiger charge is 2.07. The number of nitrogens with zero attached hydrogens (tertiary/aromatic N) is 2. The predicted molar refractivity (Wildman–Crippen MR) is 71.9 cm³/mol. The van der Waals surface area contributed by atoms with E-state index in [-0.39, 0.29) is 5.91 Å². The van der Waals surface area contributed by atoms with Crippen molar-refractivity contribution in [3.8, 4) is 0 Å². The Bertz CT molecular complexity index is 387. The van der Waals surface area contributed by atoms with Crippen LogP contribution in [0.3, 0.4) is 0 Å². The number of amides is 1. The highest BCUT2D eigenvalue weighted by Crippen LogP contribution is 2.19. The van der Waals surface area contributed by atoms with Gasteiger partial charge in [-0.15, -0.1) is 0 Å². The number of hydrogen-bond donors (Lipinski definition) is 1. The Balaban J connectivity index is 2.31. The molecule has 1 rings (SSSR count). The molecule has 1 N–H and O–H groups in total. The van der Waals surface area contributed by atoms with E-state index in [1.807, 2.05) is 25.5 Å². The van der Waals surface area contributed by atoms with Crippen LogP contribution in [-0.2, 0) is 11.3 Å². The summed E-state index contributed by atoms with van der Waals surface area (Å²) in [5, 5.41) is 7.32. The summed E-state index contributed by atoms with van der Waals surface area (Å²) in [6.07, 6.45) is 2.42. The van der Waals surface area contributed by atoms with Gasteiger partial charge in [-0.1, -0.05) is 6.92 Å². The van der Waals surface area contributed by atoms with Crippen LogP contribution in [0.4, 0.5) is 0 Å². The first-order valence-corrected chi connectivity index (χ1v) is 6.81. The van der Waals surface area contributed by atoms with Gasteiger partial charge in [0.05, 0.1) is 10.2 Å². The summed E-state index contributed by atoms with van der Waals surface area (Å²) in [6.45, 7) is 7.59. The molecule has 1 heterocycles. The Morgan fingerprint density at radius 2 is 2.18 bits per heavy atom. The Hall–Kier alpha value is -0.840. The zero-order valence-corrected chi connectivity index (χ0v) is 12.3. The molecule has 5 heteroatoms. The molecule has 0 aliphatic heterocycles. The fraction of sp³-hybridized carbons (Fsp3) is 0.667. The minimum absolute atomic E-state index is 0.141. The van der Waals surface area contributed by atoms with Gasteiger partial charge >= 0.3 is 0 Å². The lowest BCUT2D eigenvalue weighted by atomic mass is 10.3. The predicted octanol–water partition coefficient (Wildman–Crippen LogP) is 2.57. The van der Waals surface area contributed by atoms with Crippen molar-refractivity contribution in [1.29, 1.82) is 0 Å². The quantitative estimate of drug-likeness (QED) is 0.821. The van der Waals surface area contributed by atoms with Crippen LogP contribution in [0.5, 0.6) is 0 Å². The van der Waals surface area contributed by atoms with Gasteiger partial charge in [0.15, 0.2) is 0 Å². The molecule has 1 aromatic heterocycles. The van der Waals surface area contributed by atoms with Crippen molar-refractivity contribution >= 4 is 21.8 Å². The summed E-state index contributed by atoms with van der Waals surface area (Å²) in [4.78, 5) is 11.2. The largest absolute Gasteiger partial charge is 0.356 e. The number of aryl methyl sites for hydroxylation is 2. The number of rotatable bonds is 6. The number of carbonyl (C=O) groups is 1. The molecule has 0 aliphatic carbocycles. The van der Waals surface area contributed by atoms with Crippen molar-refractivity contribution in [3.63, 3.8) is 0 Å². The van der Waals surface area contributed by atoms with Gasteiger partial charge in [-0.3, -0.25) is 9.48 Å². The molecule has 17 heavy (non-hydrogen) atoms. The van der Waals surface area contributed by atoms with Gasteiger partial charge in [-0.25, -0.2) is 0 Å². The lowest BCUT2D eigenvalue weighted by Crippen LogP contribution is -2.24. The smallest absolute Gasteiger partial charge is 0.219 e. The van der Waals surface area contributed by atoms with Gasteiger partial charge in [0, 0.05) is 25.2 Å². The lowest BCUT2D eigenvalue weighted by Gasteiger charge is -2.06. The van der Waals surface area contributed by atoms with Gasteiger partial charge < -0.3 is 5.32 Å². The number of aromatic nitrogens is 2. The van der Waals surface area contributed by atoms with E-state index in [0.717, 1.165) is 41.8 Å². The minimum atomic E-state index is 0.141. The fourth-order valence-corrected chi connectivity index (χ4v) is 1.95. The SMILES string of the molecule is CCCC(=O)NCCCn1nc(C)c(Br)c1C. The molecular formula is C12H20BrN3O. The summed E-state index contributed by atoms with van der Waals surface area (Å²) in [7, 11) is 0. The molecule has 0 saturated heterocycles. The summed E-state index contributed by atoms with van der Waals surface area (Å²) in [6, 6.07) is 0. The van der Waals surface area contributed by atoms with Crippen molar-refractivity contribution in [1.82, 2.24) is 15.1 Å². The van der Waals surface area contributed by atoms with Gasteiger partial charge in [0.2, 0.25) is 5.91 Å². The highest BCUT2D eigenvalue weighted by atomic mass is 79.9. The van der Waals surface area contributed by atoms with Crippen LogP contribution in [0.1, 0.15) is 37.6 Å². The first kappa shape index (κ1) is 14.2. The van der Waals surface area contributed by atoms with E-state index in [1.165, 1.54) is 0 Å². The van der Waals surface area contributed by atoms with E-state index in [9.17, 15) is 4.79 Å². The summed E-state index contributed by atoms with van der Waals surface area (Å²) in [5.41, 5.74) is 2.15. The first-order valence-electron chi connectivity index (χ1n) is 6.02. The molecular weight excluding hydrogens is 282 g/mol. The molecule has 1 amide bonds. The molecule has 4 nitrogen and oxygen atoms in total. The Kier molecular flexibility index (Phi) is 5.68. The lowest BCUT2D eigenvalue weighted by molar-refractivity contribution is -0.121. The van der Waals surface area contributed by atoms with Gasteiger partial charge in [0.25, 0.3) is 0 Å². The number of nitrogens with one attached hydrogen (secondary N) is 1. The van der Waals surface area contributed by atoms with Crippen LogP contribution in [0.2, 0.25) is 0 Å². The maximum absolute atomic E-state index is 11.2. The average Bonchev–Trinajstić information content (AvgIpc) is 2.53. The highest BCUT2D eigenvalue weighted by molar-refractivity contribution is 9.10. The minimum Gasteiger partial charge on any atom is -0.356 e. The van der Waals surface area contributed by atoms with Gasteiger partial charge in [0.1, 0.15) is 0 Å². The van der Waals surface area contributed by atoms with Gasteiger partial charge in [-0.05, 0) is 42.6 Å². The van der Waals surface area contributed by atoms with E-state index in [0.29, 0.717) is 6.42 Å². The van der Waals surface area contributed by atoms with Crippen LogP contribution < -0.4 is 5.32 Å². The van der Waals surface area contributed by atoms with E-state index in [2.05, 4.69) is 26.3 Å². The molecule has 0 radical (unpaired) electrons. The third kappa shape index (κ3) is 4.15. The molecule has 0 aromatic carbocycles. The molecule has 1 aromatic rings. The van der Waals surface area contributed by atoms with E-state index >= 15 is 0 Å². The zero-order chi connectivity index (χ0) is 12.8. The molecule has 0 atom stereocenters. The monoisotopic (exact) mass is 301 g/mol. The molecule has 96 valence electrons. The third-order valence-corrected chi connectivity index (χ3v) is 3.79. The molecule has 0 unspecified atom stereocenters. The number of halogens is 1. The van der Waals surface area contributed by atoms with Crippen LogP contribution in [0.25, 0.3) is 0 Å². The summed E-state index contributed by atoms with van der Waals surface area (Å²) >= 11 is 3.50. The Morgan fingerprint density at radius 3 is 2.71 bits per heavy atom. The third-order valence-electron chi connectivity index (χ3n) is 2.64. The first-order chi connectivity index (χ1) is 8.06. The second-order valence-corrected chi connectivity index (χ2v) is 4.95. The molecule has 0 saturated carbocycles. The van der Waals surface area contributed by atoms with E-state index < -0.39 is 0 Å². The second kappa shape index (κ2) is 6.79. The molecule has 0 fully saturated rings. The summed E-state index contributed by atoms with van der Waals surface area (Å²) in [5.74, 6) is 0.141. The number of carbonyl (C=O) groups excluding carboxylic acids is 1. The summed E-state index contributed by atoms with van der Waals surface area (Å²) < 4.78 is 3.05. The second-order valence-electron chi connectivity index (χ2n) is 4.16. The van der Waals surface area contributed by atoms with Crippen LogP contribution in [0, 0.1) is 13.8 Å². The molecule has 0 spiro atoms. The Labute approximate surface area is 111 Å². The Morgan fingerprint density at radius 1 is 1.47 bits per heavy atom. The van der Waals surface area contributed by atoms with Gasteiger partial charge in [-0.2, -0.15) is 5.10 Å². The van der Waals surface area contributed by atoms with Crippen LogP contribution in [0.15, 0.2) is 4.47 Å². The van der Waals surface area contributed by atoms with Crippen LogP contribution >= 0.6 is 15.9 Å². The van der Waals surface area contributed by atoms with E-state index in [1.54, 1.807) is 0 Å². The van der Waals surface area contributed by atoms with Crippen molar-refractivity contribution in [2.75, 3.05) is 6.54 Å².